The molecule has 0 bridgehead atoms. The first-order valence-corrected chi connectivity index (χ1v) is 9.83. The Hall–Kier alpha value is 0.320. The summed E-state index contributed by atoms with van der Waals surface area (Å²) in [6.07, 6.45) is 0. The number of nitrogens with zero attached hydrogens (tertiary/aromatic N) is 2. The van der Waals surface area contributed by atoms with Gasteiger partial charge in [0.2, 0.25) is 9.67 Å². The highest BCUT2D eigenvalue weighted by molar-refractivity contribution is 8.07. The number of hydrogen-bond acceptors (Lipinski definition) is 6. The summed E-state index contributed by atoms with van der Waals surface area (Å²) >= 11 is 22.8. The molecular weight excluding hydrogens is 378 g/mol. The second-order valence-electron chi connectivity index (χ2n) is 3.93. The zero-order valence-corrected chi connectivity index (χ0v) is 16.0. The minimum atomic E-state index is -2.95. The van der Waals surface area contributed by atoms with Crippen LogP contribution in [0.4, 0.5) is 0 Å². The summed E-state index contributed by atoms with van der Waals surface area (Å²) in [5.74, 6) is 0.217. The number of rotatable bonds is 6. The molecule has 0 amide bonds. The zero-order chi connectivity index (χ0) is 16.3. The van der Waals surface area contributed by atoms with Crippen LogP contribution in [0.2, 0.25) is 0 Å². The first kappa shape index (κ1) is 19.4. The van der Waals surface area contributed by atoms with Gasteiger partial charge < -0.3 is 4.52 Å². The second kappa shape index (κ2) is 7.73. The van der Waals surface area contributed by atoms with Crippen molar-refractivity contribution in [2.75, 3.05) is 13.2 Å². The van der Waals surface area contributed by atoms with E-state index in [0.29, 0.717) is 24.5 Å². The third-order valence-electron chi connectivity index (χ3n) is 2.37. The molecule has 1 aromatic rings. The molecule has 1 heterocycles. The third kappa shape index (κ3) is 5.47. The van der Waals surface area contributed by atoms with Gasteiger partial charge in [0.25, 0.3) is 0 Å². The van der Waals surface area contributed by atoms with Crippen LogP contribution in [0.25, 0.3) is 0 Å². The molecule has 0 saturated carbocycles. The highest BCUT2D eigenvalue weighted by Crippen LogP contribution is 2.50. The summed E-state index contributed by atoms with van der Waals surface area (Å²) in [5.41, 5.74) is 1.30. The zero-order valence-electron chi connectivity index (χ0n) is 12.0. The summed E-state index contributed by atoms with van der Waals surface area (Å²) in [4.78, 5) is 8.26. The van der Waals surface area contributed by atoms with Crippen LogP contribution in [-0.4, -0.2) is 23.2 Å². The lowest BCUT2D eigenvalue weighted by molar-refractivity contribution is 0.215. The lowest BCUT2D eigenvalue weighted by Gasteiger charge is -2.22. The lowest BCUT2D eigenvalue weighted by Crippen LogP contribution is -2.12. The topological polar surface area (TPSA) is 53.5 Å². The fraction of sp³-hybridized carbons (Fsp3) is 0.636. The lowest BCUT2D eigenvalue weighted by atomic mass is 10.2. The van der Waals surface area contributed by atoms with E-state index >= 15 is 0 Å². The van der Waals surface area contributed by atoms with Crippen molar-refractivity contribution in [2.24, 2.45) is 0 Å². The van der Waals surface area contributed by atoms with E-state index in [4.69, 9.17) is 60.2 Å². The van der Waals surface area contributed by atoms with Crippen molar-refractivity contribution in [1.29, 1.82) is 0 Å². The summed E-state index contributed by atoms with van der Waals surface area (Å²) in [6.45, 7) is 4.91. The number of aryl methyl sites for hydroxylation is 1. The quantitative estimate of drug-likeness (QED) is 0.520. The molecule has 0 unspecified atom stereocenters. The molecule has 0 spiro atoms. The van der Waals surface area contributed by atoms with E-state index in [1.165, 1.54) is 0 Å². The van der Waals surface area contributed by atoms with Crippen molar-refractivity contribution < 1.29 is 13.6 Å². The van der Waals surface area contributed by atoms with Gasteiger partial charge in [-0.2, -0.15) is 4.98 Å². The van der Waals surface area contributed by atoms with Gasteiger partial charge >= 0.3 is 6.72 Å². The SMILES string of the molecule is CCOP(=S)(OCC)Oc1nc(C(Cl)(Cl)Cl)nc(C)c1C. The van der Waals surface area contributed by atoms with Crippen LogP contribution < -0.4 is 4.52 Å². The van der Waals surface area contributed by atoms with Crippen molar-refractivity contribution >= 4 is 53.3 Å². The van der Waals surface area contributed by atoms with Gasteiger partial charge in [-0.05, 0) is 27.7 Å². The minimum absolute atomic E-state index is 0.0140. The molecule has 5 nitrogen and oxygen atoms in total. The molecule has 1 aromatic heterocycles. The van der Waals surface area contributed by atoms with Crippen LogP contribution in [0.3, 0.4) is 0 Å². The summed E-state index contributed by atoms with van der Waals surface area (Å²) in [6, 6.07) is 0. The first-order chi connectivity index (χ1) is 9.63. The number of aromatic nitrogens is 2. The van der Waals surface area contributed by atoms with E-state index in [-0.39, 0.29) is 11.7 Å². The molecule has 0 fully saturated rings. The largest absolute Gasteiger partial charge is 0.405 e. The maximum Gasteiger partial charge on any atom is 0.381 e. The van der Waals surface area contributed by atoms with E-state index in [0.717, 1.165) is 0 Å². The average molecular weight is 394 g/mol. The normalized spacial score (nSPS) is 12.5. The molecule has 120 valence electrons. The van der Waals surface area contributed by atoms with Gasteiger partial charge in [-0.15, -0.1) is 0 Å². The molecule has 0 atom stereocenters. The Morgan fingerprint density at radius 2 is 1.62 bits per heavy atom. The van der Waals surface area contributed by atoms with Gasteiger partial charge in [0.1, 0.15) is 0 Å². The van der Waals surface area contributed by atoms with E-state index in [1.807, 2.05) is 0 Å². The van der Waals surface area contributed by atoms with E-state index < -0.39 is 10.5 Å². The average Bonchev–Trinajstić information content (AvgIpc) is 2.34. The molecule has 0 aliphatic carbocycles. The smallest absolute Gasteiger partial charge is 0.381 e. The van der Waals surface area contributed by atoms with Gasteiger partial charge in [0.15, 0.2) is 5.82 Å². The highest BCUT2D eigenvalue weighted by Gasteiger charge is 2.30. The Labute approximate surface area is 144 Å². The molecule has 0 aliphatic rings. The van der Waals surface area contributed by atoms with Gasteiger partial charge in [-0.25, -0.2) is 4.98 Å². The standard InChI is InChI=1S/C11H16Cl3N2O3PS/c1-5-17-20(21,18-6-2)19-9-7(3)8(4)15-10(16-9)11(12,13)14/h5-6H2,1-4H3. The number of hydrogen-bond donors (Lipinski definition) is 0. The first-order valence-electron chi connectivity index (χ1n) is 6.14. The van der Waals surface area contributed by atoms with Crippen LogP contribution in [0.15, 0.2) is 0 Å². The molecule has 10 heteroatoms. The van der Waals surface area contributed by atoms with Gasteiger partial charge in [0.05, 0.1) is 13.2 Å². The fourth-order valence-corrected chi connectivity index (χ4v) is 3.63. The molecule has 0 saturated heterocycles. The summed E-state index contributed by atoms with van der Waals surface area (Å²) < 4.78 is 14.8. The van der Waals surface area contributed by atoms with E-state index in [1.54, 1.807) is 27.7 Å². The Morgan fingerprint density at radius 1 is 1.10 bits per heavy atom. The molecule has 21 heavy (non-hydrogen) atoms. The van der Waals surface area contributed by atoms with Crippen molar-refractivity contribution in [3.8, 4) is 5.88 Å². The van der Waals surface area contributed by atoms with Gasteiger partial charge in [-0.3, -0.25) is 9.05 Å². The predicted molar refractivity (Wildman–Crippen MR) is 88.9 cm³/mol. The molecule has 0 aromatic carbocycles. The van der Waals surface area contributed by atoms with Crippen molar-refractivity contribution in [3.05, 3.63) is 17.1 Å². The second-order valence-corrected chi connectivity index (χ2v) is 9.15. The van der Waals surface area contributed by atoms with E-state index in [2.05, 4.69) is 9.97 Å². The van der Waals surface area contributed by atoms with Gasteiger partial charge in [0, 0.05) is 23.1 Å². The Balaban J connectivity index is 3.23. The third-order valence-corrected chi connectivity index (χ3v) is 5.28. The highest BCUT2D eigenvalue weighted by atomic mass is 35.6. The Kier molecular flexibility index (Phi) is 7.13. The molecular formula is C11H16Cl3N2O3PS. The van der Waals surface area contributed by atoms with Crippen LogP contribution in [0.5, 0.6) is 5.88 Å². The van der Waals surface area contributed by atoms with Crippen molar-refractivity contribution in [1.82, 2.24) is 9.97 Å². The summed E-state index contributed by atoms with van der Waals surface area (Å²) in [7, 11) is 0. The van der Waals surface area contributed by atoms with Crippen LogP contribution in [0.1, 0.15) is 30.9 Å². The maximum absolute atomic E-state index is 5.82. The fourth-order valence-electron chi connectivity index (χ4n) is 1.33. The summed E-state index contributed by atoms with van der Waals surface area (Å²) in [5, 5.41) is 0. The Bertz CT molecular complexity index is 544. The van der Waals surface area contributed by atoms with E-state index in [9.17, 15) is 0 Å². The number of alkyl halides is 3. The minimum Gasteiger partial charge on any atom is -0.405 e. The molecule has 0 N–H and O–H groups in total. The monoisotopic (exact) mass is 392 g/mol. The number of halogens is 3. The van der Waals surface area contributed by atoms with Crippen LogP contribution in [0, 0.1) is 13.8 Å². The van der Waals surface area contributed by atoms with Crippen LogP contribution >= 0.6 is 41.5 Å². The van der Waals surface area contributed by atoms with Crippen molar-refractivity contribution in [2.45, 2.75) is 31.5 Å². The molecule has 0 radical (unpaired) electrons. The predicted octanol–water partition coefficient (Wildman–Crippen LogP) is 4.60. The molecule has 0 aliphatic heterocycles. The van der Waals surface area contributed by atoms with Gasteiger partial charge in [-0.1, -0.05) is 34.8 Å². The van der Waals surface area contributed by atoms with Crippen LogP contribution in [-0.2, 0) is 24.6 Å². The van der Waals surface area contributed by atoms with Crippen molar-refractivity contribution in [3.63, 3.8) is 0 Å². The maximum atomic E-state index is 5.82. The molecule has 1 rings (SSSR count). The Morgan fingerprint density at radius 3 is 2.05 bits per heavy atom.